The molecule has 74 valence electrons. The van der Waals surface area contributed by atoms with E-state index < -0.39 is 0 Å². The predicted molar refractivity (Wildman–Crippen MR) is 59.3 cm³/mol. The number of hydrogen-bond acceptors (Lipinski definition) is 1. The van der Waals surface area contributed by atoms with Gasteiger partial charge in [0.2, 0.25) is 0 Å². The fraction of sp³-hybridized carbons (Fsp3) is 0.462. The molecular weight excluding hydrogens is 170 g/mol. The monoisotopic (exact) mass is 187 g/mol. The van der Waals surface area contributed by atoms with Gasteiger partial charge in [0, 0.05) is 11.9 Å². The number of allylic oxidation sites excluding steroid dienone is 2. The summed E-state index contributed by atoms with van der Waals surface area (Å²) in [7, 11) is 0. The van der Waals surface area contributed by atoms with Crippen molar-refractivity contribution in [2.45, 2.75) is 39.0 Å². The molecule has 0 radical (unpaired) electrons. The van der Waals surface area contributed by atoms with Gasteiger partial charge in [-0.1, -0.05) is 17.7 Å². The van der Waals surface area contributed by atoms with E-state index in [-0.39, 0.29) is 0 Å². The Morgan fingerprint density at radius 2 is 2.14 bits per heavy atom. The lowest BCUT2D eigenvalue weighted by atomic mass is 9.85. The van der Waals surface area contributed by atoms with Crippen molar-refractivity contribution in [1.29, 1.82) is 0 Å². The van der Waals surface area contributed by atoms with Crippen molar-refractivity contribution in [3.8, 4) is 0 Å². The summed E-state index contributed by atoms with van der Waals surface area (Å²) in [4.78, 5) is 4.36. The van der Waals surface area contributed by atoms with Gasteiger partial charge >= 0.3 is 0 Å². The molecule has 0 aliphatic heterocycles. The molecular formula is C13H17N. The van der Waals surface area contributed by atoms with Crippen LogP contribution in [0.5, 0.6) is 0 Å². The van der Waals surface area contributed by atoms with Crippen LogP contribution in [0.1, 0.15) is 43.4 Å². The van der Waals surface area contributed by atoms with Crippen LogP contribution in [0.3, 0.4) is 0 Å². The molecule has 1 aliphatic rings. The number of nitrogens with zero attached hydrogens (tertiary/aromatic N) is 1. The largest absolute Gasteiger partial charge is 0.261 e. The molecule has 0 bridgehead atoms. The number of aryl methyl sites for hydroxylation is 1. The zero-order valence-electron chi connectivity index (χ0n) is 8.96. The minimum Gasteiger partial charge on any atom is -0.261 e. The summed E-state index contributed by atoms with van der Waals surface area (Å²) in [5.74, 6) is 0.702. The fourth-order valence-corrected chi connectivity index (χ4v) is 2.11. The summed E-state index contributed by atoms with van der Waals surface area (Å²) in [5, 5.41) is 0. The smallest absolute Gasteiger partial charge is 0.0372 e. The highest BCUT2D eigenvalue weighted by Gasteiger charge is 2.15. The second-order valence-corrected chi connectivity index (χ2v) is 4.26. The average molecular weight is 187 g/mol. The molecule has 1 aromatic rings. The molecule has 0 N–H and O–H groups in total. The van der Waals surface area contributed by atoms with Crippen LogP contribution in [0.2, 0.25) is 0 Å². The lowest BCUT2D eigenvalue weighted by Crippen LogP contribution is -2.04. The molecule has 1 aromatic heterocycles. The third-order valence-electron chi connectivity index (χ3n) is 2.98. The van der Waals surface area contributed by atoms with E-state index in [1.54, 1.807) is 0 Å². The number of hydrogen-bond donors (Lipinski definition) is 0. The maximum Gasteiger partial charge on any atom is 0.0372 e. The van der Waals surface area contributed by atoms with Gasteiger partial charge in [0.25, 0.3) is 0 Å². The van der Waals surface area contributed by atoms with Gasteiger partial charge in [-0.2, -0.15) is 0 Å². The third kappa shape index (κ3) is 2.03. The van der Waals surface area contributed by atoms with Crippen LogP contribution in [0.25, 0.3) is 0 Å². The summed E-state index contributed by atoms with van der Waals surface area (Å²) < 4.78 is 0. The minimum absolute atomic E-state index is 0.702. The van der Waals surface area contributed by atoms with Crippen molar-refractivity contribution in [1.82, 2.24) is 4.98 Å². The van der Waals surface area contributed by atoms with E-state index >= 15 is 0 Å². The molecule has 1 heterocycles. The van der Waals surface area contributed by atoms with Crippen LogP contribution >= 0.6 is 0 Å². The second-order valence-electron chi connectivity index (χ2n) is 4.26. The normalized spacial score (nSPS) is 21.9. The van der Waals surface area contributed by atoms with Gasteiger partial charge in [-0.3, -0.25) is 4.98 Å². The third-order valence-corrected chi connectivity index (χ3v) is 2.98. The zero-order chi connectivity index (χ0) is 9.97. The van der Waals surface area contributed by atoms with E-state index in [9.17, 15) is 0 Å². The topological polar surface area (TPSA) is 12.9 Å². The van der Waals surface area contributed by atoms with Gasteiger partial charge < -0.3 is 0 Å². The minimum atomic E-state index is 0.702. The van der Waals surface area contributed by atoms with E-state index in [2.05, 4.69) is 30.1 Å². The Kier molecular flexibility index (Phi) is 2.67. The lowest BCUT2D eigenvalue weighted by molar-refractivity contribution is 0.594. The quantitative estimate of drug-likeness (QED) is 0.612. The molecule has 0 fully saturated rings. The SMILES string of the molecule is CC1=CCCC(c2ccc(C)nc2)C1. The van der Waals surface area contributed by atoms with Crippen LogP contribution in [0.4, 0.5) is 0 Å². The van der Waals surface area contributed by atoms with Gasteiger partial charge in [-0.15, -0.1) is 0 Å². The average Bonchev–Trinajstić information content (AvgIpc) is 2.19. The van der Waals surface area contributed by atoms with Crippen molar-refractivity contribution in [3.05, 3.63) is 41.2 Å². The summed E-state index contributed by atoms with van der Waals surface area (Å²) in [6.45, 7) is 4.27. The zero-order valence-corrected chi connectivity index (χ0v) is 8.96. The van der Waals surface area contributed by atoms with E-state index in [1.807, 2.05) is 13.1 Å². The van der Waals surface area contributed by atoms with Crippen molar-refractivity contribution in [2.24, 2.45) is 0 Å². The van der Waals surface area contributed by atoms with E-state index in [0.717, 1.165) is 5.69 Å². The molecule has 1 unspecified atom stereocenters. The molecule has 0 saturated carbocycles. The summed E-state index contributed by atoms with van der Waals surface area (Å²) >= 11 is 0. The number of rotatable bonds is 1. The number of pyridine rings is 1. The summed E-state index contributed by atoms with van der Waals surface area (Å²) in [6, 6.07) is 4.34. The Morgan fingerprint density at radius 3 is 2.79 bits per heavy atom. The maximum atomic E-state index is 4.36. The Morgan fingerprint density at radius 1 is 1.29 bits per heavy atom. The molecule has 0 spiro atoms. The van der Waals surface area contributed by atoms with Gasteiger partial charge in [0.1, 0.15) is 0 Å². The molecule has 0 amide bonds. The molecule has 1 aliphatic carbocycles. The van der Waals surface area contributed by atoms with Crippen molar-refractivity contribution in [2.75, 3.05) is 0 Å². The first-order valence-corrected chi connectivity index (χ1v) is 5.34. The van der Waals surface area contributed by atoms with Crippen LogP contribution in [0, 0.1) is 6.92 Å². The molecule has 14 heavy (non-hydrogen) atoms. The summed E-state index contributed by atoms with van der Waals surface area (Å²) in [5.41, 5.74) is 4.04. The van der Waals surface area contributed by atoms with Crippen molar-refractivity contribution in [3.63, 3.8) is 0 Å². The number of aromatic nitrogens is 1. The first kappa shape index (κ1) is 9.45. The van der Waals surface area contributed by atoms with Gasteiger partial charge in [0.05, 0.1) is 0 Å². The highest BCUT2D eigenvalue weighted by Crippen LogP contribution is 2.31. The van der Waals surface area contributed by atoms with Crippen LogP contribution in [-0.2, 0) is 0 Å². The molecule has 1 nitrogen and oxygen atoms in total. The Hall–Kier alpha value is -1.11. The van der Waals surface area contributed by atoms with Crippen molar-refractivity contribution >= 4 is 0 Å². The van der Waals surface area contributed by atoms with Crippen LogP contribution in [-0.4, -0.2) is 4.98 Å². The standard InChI is InChI=1S/C13H17N/c1-10-4-3-5-12(8-10)13-7-6-11(2)14-9-13/h4,6-7,9,12H,3,5,8H2,1-2H3. The first-order chi connectivity index (χ1) is 6.75. The lowest BCUT2D eigenvalue weighted by Gasteiger charge is -2.21. The van der Waals surface area contributed by atoms with E-state index in [1.165, 1.54) is 30.4 Å². The molecule has 0 aromatic carbocycles. The predicted octanol–water partition coefficient (Wildman–Crippen LogP) is 3.60. The Labute approximate surface area is 85.9 Å². The second kappa shape index (κ2) is 3.95. The maximum absolute atomic E-state index is 4.36. The fourth-order valence-electron chi connectivity index (χ4n) is 2.11. The highest BCUT2D eigenvalue weighted by atomic mass is 14.7. The molecule has 2 rings (SSSR count). The van der Waals surface area contributed by atoms with E-state index in [0.29, 0.717) is 5.92 Å². The Bertz CT molecular complexity index is 335. The van der Waals surface area contributed by atoms with Gasteiger partial charge in [0.15, 0.2) is 0 Å². The van der Waals surface area contributed by atoms with Crippen LogP contribution in [0.15, 0.2) is 30.0 Å². The molecule has 1 heteroatoms. The Balaban J connectivity index is 2.16. The van der Waals surface area contributed by atoms with Gasteiger partial charge in [-0.05, 0) is 50.7 Å². The van der Waals surface area contributed by atoms with E-state index in [4.69, 9.17) is 0 Å². The summed E-state index contributed by atoms with van der Waals surface area (Å²) in [6.07, 6.45) is 8.12. The van der Waals surface area contributed by atoms with Crippen molar-refractivity contribution < 1.29 is 0 Å². The molecule has 0 saturated heterocycles. The van der Waals surface area contributed by atoms with Gasteiger partial charge in [-0.25, -0.2) is 0 Å². The highest BCUT2D eigenvalue weighted by molar-refractivity contribution is 5.22. The van der Waals surface area contributed by atoms with Crippen LogP contribution < -0.4 is 0 Å². The first-order valence-electron chi connectivity index (χ1n) is 5.34. The molecule has 1 atom stereocenters.